The molecule has 4 rings (SSSR count). The summed E-state index contributed by atoms with van der Waals surface area (Å²) < 4.78 is 6.63. The lowest BCUT2D eigenvalue weighted by Gasteiger charge is -2.21. The molecular weight excluding hydrogens is 530 g/mol. The van der Waals surface area contributed by atoms with Crippen LogP contribution in [0.4, 0.5) is 11.4 Å². The van der Waals surface area contributed by atoms with Gasteiger partial charge in [0.05, 0.1) is 12.7 Å². The summed E-state index contributed by atoms with van der Waals surface area (Å²) in [5.74, 6) is -0.621. The van der Waals surface area contributed by atoms with Crippen molar-refractivity contribution in [3.05, 3.63) is 105 Å². The Kier molecular flexibility index (Phi) is 8.76. The summed E-state index contributed by atoms with van der Waals surface area (Å²) in [4.78, 5) is 43.5. The summed E-state index contributed by atoms with van der Waals surface area (Å²) in [6, 6.07) is 19.3. The number of nitrogens with zero attached hydrogens (tertiary/aromatic N) is 3. The number of nitrogens with one attached hydrogen (secondary N) is 1. The summed E-state index contributed by atoms with van der Waals surface area (Å²) in [7, 11) is 3.02. The number of methoxy groups -OCH3 is 1. The third-order valence-corrected chi connectivity index (χ3v) is 6.49. The van der Waals surface area contributed by atoms with Gasteiger partial charge >= 0.3 is 0 Å². The fourth-order valence-corrected chi connectivity index (χ4v) is 4.49. The van der Waals surface area contributed by atoms with Crippen molar-refractivity contribution in [3.8, 4) is 17.0 Å². The second-order valence-corrected chi connectivity index (χ2v) is 9.46. The van der Waals surface area contributed by atoms with E-state index in [2.05, 4.69) is 15.4 Å². The number of aromatic nitrogens is 2. The number of carbonyl (C=O) groups is 2. The number of hydrogen-bond acceptors (Lipinski definition) is 7. The van der Waals surface area contributed by atoms with E-state index in [1.165, 1.54) is 20.1 Å². The molecule has 0 spiro atoms. The highest BCUT2D eigenvalue weighted by Crippen LogP contribution is 2.32. The molecule has 0 aliphatic heterocycles. The highest BCUT2D eigenvalue weighted by molar-refractivity contribution is 6.31. The van der Waals surface area contributed by atoms with Crippen LogP contribution in [-0.2, 0) is 11.2 Å². The number of carbonyl (C=O) groups excluding carboxylic acids is 2. The molecule has 9 nitrogen and oxygen atoms in total. The maximum atomic E-state index is 13.7. The first-order valence-electron chi connectivity index (χ1n) is 12.4. The van der Waals surface area contributed by atoms with Crippen molar-refractivity contribution < 1.29 is 14.3 Å². The Labute approximate surface area is 236 Å². The summed E-state index contributed by atoms with van der Waals surface area (Å²) in [6.07, 6.45) is 1.77. The van der Waals surface area contributed by atoms with Gasteiger partial charge in [0.15, 0.2) is 5.78 Å². The lowest BCUT2D eigenvalue weighted by atomic mass is 9.98. The van der Waals surface area contributed by atoms with Crippen LogP contribution in [0.1, 0.15) is 34.5 Å². The van der Waals surface area contributed by atoms with Crippen molar-refractivity contribution in [1.82, 2.24) is 9.78 Å². The normalized spacial score (nSPS) is 11.8. The Morgan fingerprint density at radius 1 is 1.10 bits per heavy atom. The van der Waals surface area contributed by atoms with E-state index in [9.17, 15) is 14.4 Å². The van der Waals surface area contributed by atoms with E-state index in [0.29, 0.717) is 33.1 Å². The molecule has 1 amide bonds. The number of ether oxygens (including phenoxy) is 1. The average molecular weight is 558 g/mol. The second-order valence-electron chi connectivity index (χ2n) is 9.02. The smallest absolute Gasteiger partial charge is 0.268 e. The number of Topliss-reactive ketones (excluding diaryl/α,β-unsaturated/α-hetero) is 1. The first-order chi connectivity index (χ1) is 19.2. The molecule has 0 aliphatic carbocycles. The fourth-order valence-electron chi connectivity index (χ4n) is 4.32. The van der Waals surface area contributed by atoms with Crippen molar-refractivity contribution in [1.29, 1.82) is 0 Å². The molecule has 10 heteroatoms. The molecule has 0 radical (unpaired) electrons. The van der Waals surface area contributed by atoms with E-state index in [0.717, 1.165) is 10.2 Å². The van der Waals surface area contributed by atoms with Crippen molar-refractivity contribution in [2.24, 2.45) is 4.99 Å². The number of nitrogens with two attached hydrogens (primary N) is 1. The van der Waals surface area contributed by atoms with Gasteiger partial charge in [-0.3, -0.25) is 19.4 Å². The highest BCUT2D eigenvalue weighted by atomic mass is 35.5. The molecule has 40 heavy (non-hydrogen) atoms. The largest absolute Gasteiger partial charge is 0.480 e. The molecule has 1 unspecified atom stereocenters. The zero-order chi connectivity index (χ0) is 28.8. The molecular formula is C30H28ClN5O4. The third-order valence-electron chi connectivity index (χ3n) is 6.26. The quantitative estimate of drug-likeness (QED) is 0.172. The Hall–Kier alpha value is -4.76. The van der Waals surface area contributed by atoms with Crippen LogP contribution in [0.15, 0.2) is 82.6 Å². The van der Waals surface area contributed by atoms with Gasteiger partial charge in [0.2, 0.25) is 11.8 Å². The molecule has 3 N–H and O–H groups in total. The maximum absolute atomic E-state index is 13.7. The number of benzene rings is 3. The lowest BCUT2D eigenvalue weighted by molar-refractivity contribution is -0.119. The molecule has 0 aliphatic rings. The Morgan fingerprint density at radius 3 is 2.52 bits per heavy atom. The van der Waals surface area contributed by atoms with Crippen LogP contribution in [0.5, 0.6) is 5.88 Å². The molecule has 1 aromatic heterocycles. The average Bonchev–Trinajstić information content (AvgIpc) is 2.94. The van der Waals surface area contributed by atoms with Crippen LogP contribution in [0, 0.1) is 0 Å². The number of rotatable bonds is 9. The minimum Gasteiger partial charge on any atom is -0.480 e. The molecule has 0 saturated carbocycles. The molecule has 4 aromatic rings. The molecule has 204 valence electrons. The second kappa shape index (κ2) is 12.4. The molecule has 0 bridgehead atoms. The molecule has 0 saturated heterocycles. The summed E-state index contributed by atoms with van der Waals surface area (Å²) in [6.45, 7) is 1.42. The van der Waals surface area contributed by atoms with E-state index >= 15 is 0 Å². The number of nitrogen functional groups attached to an aromatic ring is 1. The highest BCUT2D eigenvalue weighted by Gasteiger charge is 2.26. The van der Waals surface area contributed by atoms with Crippen LogP contribution >= 0.6 is 11.6 Å². The van der Waals surface area contributed by atoms with Crippen LogP contribution in [0.25, 0.3) is 11.1 Å². The van der Waals surface area contributed by atoms with Gasteiger partial charge in [-0.25, -0.2) is 4.68 Å². The van der Waals surface area contributed by atoms with Gasteiger partial charge in [-0.05, 0) is 54.4 Å². The third kappa shape index (κ3) is 6.27. The minimum atomic E-state index is -1.04. The molecule has 1 atom stereocenters. The predicted octanol–water partition coefficient (Wildman–Crippen LogP) is 4.83. The van der Waals surface area contributed by atoms with Crippen molar-refractivity contribution in [2.45, 2.75) is 19.4 Å². The van der Waals surface area contributed by atoms with Crippen LogP contribution in [0.3, 0.4) is 0 Å². The first-order valence-corrected chi connectivity index (χ1v) is 12.7. The van der Waals surface area contributed by atoms with Crippen molar-refractivity contribution in [3.63, 3.8) is 0 Å². The van der Waals surface area contributed by atoms with E-state index in [4.69, 9.17) is 22.1 Å². The van der Waals surface area contributed by atoms with Gasteiger partial charge in [-0.1, -0.05) is 41.9 Å². The minimum absolute atomic E-state index is 0.0594. The van der Waals surface area contributed by atoms with Gasteiger partial charge in [0.25, 0.3) is 5.56 Å². The zero-order valence-corrected chi connectivity index (χ0v) is 23.0. The van der Waals surface area contributed by atoms with E-state index in [-0.39, 0.29) is 23.6 Å². The Balaban J connectivity index is 1.81. The number of amides is 1. The van der Waals surface area contributed by atoms with Crippen molar-refractivity contribution >= 4 is 40.9 Å². The van der Waals surface area contributed by atoms with Gasteiger partial charge in [0, 0.05) is 53.3 Å². The van der Waals surface area contributed by atoms with Gasteiger partial charge in [-0.2, -0.15) is 0 Å². The Bertz CT molecular complexity index is 1650. The van der Waals surface area contributed by atoms with E-state index < -0.39 is 17.5 Å². The first kappa shape index (κ1) is 28.3. The van der Waals surface area contributed by atoms with Gasteiger partial charge < -0.3 is 15.8 Å². The summed E-state index contributed by atoms with van der Waals surface area (Å²) >= 11 is 6.21. The molecule has 0 fully saturated rings. The number of aliphatic imine (C=N–C) groups is 1. The predicted molar refractivity (Wildman–Crippen MR) is 158 cm³/mol. The SMILES string of the molecule is CN=Cc1cc(NC(=O)C(Cc2ccccc2)n2nc(OC)c(-c3cc(Cl)ccc3C(C)=O)cc2=O)ccc1N. The van der Waals surface area contributed by atoms with E-state index in [1.54, 1.807) is 49.7 Å². The van der Waals surface area contributed by atoms with Gasteiger partial charge in [-0.15, -0.1) is 5.10 Å². The monoisotopic (exact) mass is 557 g/mol. The molecule has 3 aromatic carbocycles. The summed E-state index contributed by atoms with van der Waals surface area (Å²) in [5, 5.41) is 7.69. The topological polar surface area (TPSA) is 129 Å². The Morgan fingerprint density at radius 2 is 1.85 bits per heavy atom. The maximum Gasteiger partial charge on any atom is 0.268 e. The standard InChI is InChI=1S/C30H28ClN5O4/c1-18(37)23-11-9-21(31)15-24(23)25-16-28(38)36(35-30(25)40-3)27(13-19-7-5-4-6-8-19)29(39)34-22-10-12-26(32)20(14-22)17-33-2/h4-12,14-17,27H,13,32H2,1-3H3,(H,34,39). The van der Waals surface area contributed by atoms with E-state index in [1.807, 2.05) is 30.3 Å². The van der Waals surface area contributed by atoms with Crippen molar-refractivity contribution in [2.75, 3.05) is 25.2 Å². The zero-order valence-electron chi connectivity index (χ0n) is 22.2. The molecule has 1 heterocycles. The number of hydrogen-bond donors (Lipinski definition) is 2. The van der Waals surface area contributed by atoms with Crippen LogP contribution in [0.2, 0.25) is 5.02 Å². The number of anilines is 2. The lowest BCUT2D eigenvalue weighted by Crippen LogP contribution is -2.36. The fraction of sp³-hybridized carbons (Fsp3) is 0.167. The van der Waals surface area contributed by atoms with Crippen LogP contribution < -0.4 is 21.3 Å². The number of ketones is 1. The summed E-state index contributed by atoms with van der Waals surface area (Å²) in [5.41, 5.74) is 8.96. The number of halogens is 1. The van der Waals surface area contributed by atoms with Gasteiger partial charge in [0.1, 0.15) is 6.04 Å². The van der Waals surface area contributed by atoms with Crippen LogP contribution in [-0.4, -0.2) is 41.8 Å².